The summed E-state index contributed by atoms with van der Waals surface area (Å²) in [5, 5.41) is 3.78. The van der Waals surface area contributed by atoms with Crippen molar-refractivity contribution in [2.24, 2.45) is 0 Å². The van der Waals surface area contributed by atoms with Crippen molar-refractivity contribution in [1.82, 2.24) is 9.88 Å². The number of rotatable bonds is 12. The van der Waals surface area contributed by atoms with Crippen LogP contribution in [0.4, 0.5) is 22.0 Å². The first kappa shape index (κ1) is 36.4. The summed E-state index contributed by atoms with van der Waals surface area (Å²) in [6.45, 7) is 3.89. The van der Waals surface area contributed by atoms with E-state index in [1.165, 1.54) is 28.5 Å². The first-order valence-corrected chi connectivity index (χ1v) is 17.3. The van der Waals surface area contributed by atoms with Crippen LogP contribution in [0.1, 0.15) is 46.8 Å². The van der Waals surface area contributed by atoms with Gasteiger partial charge in [-0.2, -0.15) is 13.2 Å². The van der Waals surface area contributed by atoms with Gasteiger partial charge in [0.25, 0.3) is 5.56 Å². The number of carbonyl (C=O) groups excluding carboxylic acids is 1. The summed E-state index contributed by atoms with van der Waals surface area (Å²) in [6, 6.07) is 13.8. The summed E-state index contributed by atoms with van der Waals surface area (Å²) < 4.78 is 97.1. The number of aromatic nitrogens is 1. The van der Waals surface area contributed by atoms with Gasteiger partial charge >= 0.3 is 12.1 Å². The Morgan fingerprint density at radius 3 is 2.55 bits per heavy atom. The third-order valence-electron chi connectivity index (χ3n) is 8.83. The molecule has 0 amide bonds. The zero-order valence-electron chi connectivity index (χ0n) is 27.8. The van der Waals surface area contributed by atoms with Crippen molar-refractivity contribution in [3.8, 4) is 22.6 Å². The van der Waals surface area contributed by atoms with E-state index in [4.69, 9.17) is 18.9 Å². The fraction of sp³-hybridized carbons (Fsp3) is 0.351. The third kappa shape index (κ3) is 7.49. The number of hydrogen-bond donors (Lipinski definition) is 1. The molecule has 2 atom stereocenters. The van der Waals surface area contributed by atoms with E-state index in [-0.39, 0.29) is 73.3 Å². The summed E-state index contributed by atoms with van der Waals surface area (Å²) in [6.07, 6.45) is -5.36. The van der Waals surface area contributed by atoms with Crippen LogP contribution < -0.4 is 20.3 Å². The summed E-state index contributed by atoms with van der Waals surface area (Å²) >= 11 is 1.26. The lowest BCUT2D eigenvalue weighted by Crippen LogP contribution is -2.37. The minimum atomic E-state index is -4.85. The zero-order valence-corrected chi connectivity index (χ0v) is 28.6. The van der Waals surface area contributed by atoms with E-state index in [1.807, 2.05) is 30.3 Å². The van der Waals surface area contributed by atoms with Gasteiger partial charge in [-0.1, -0.05) is 36.4 Å². The van der Waals surface area contributed by atoms with Crippen LogP contribution in [0, 0.1) is 18.6 Å². The van der Waals surface area contributed by atoms with Crippen LogP contribution in [0.15, 0.2) is 70.5 Å². The molecule has 4 aromatic rings. The molecule has 14 heteroatoms. The largest absolute Gasteiger partial charge is 0.486 e. The smallest absolute Gasteiger partial charge is 0.416 e. The highest BCUT2D eigenvalue weighted by molar-refractivity contribution is 7.99. The summed E-state index contributed by atoms with van der Waals surface area (Å²) in [5.74, 6) is -2.10. The summed E-state index contributed by atoms with van der Waals surface area (Å²) in [4.78, 5) is 26.5. The average Bonchev–Trinajstić information content (AvgIpc) is 3.55. The maximum absolute atomic E-state index is 16.2. The van der Waals surface area contributed by atoms with Crippen molar-refractivity contribution in [2.75, 3.05) is 45.3 Å². The predicted octanol–water partition coefficient (Wildman–Crippen LogP) is 7.04. The van der Waals surface area contributed by atoms with Crippen LogP contribution in [0.2, 0.25) is 0 Å². The molecule has 0 aliphatic carbocycles. The third-order valence-corrected chi connectivity index (χ3v) is 10.1. The monoisotopic (exact) mass is 730 g/mol. The molecule has 0 bridgehead atoms. The number of carbonyl (C=O) groups is 1. The van der Waals surface area contributed by atoms with Gasteiger partial charge < -0.3 is 24.3 Å². The molecule has 51 heavy (non-hydrogen) atoms. The lowest BCUT2D eigenvalue weighted by molar-refractivity contribution is -0.148. The lowest BCUT2D eigenvalue weighted by atomic mass is 9.91. The van der Waals surface area contributed by atoms with Crippen molar-refractivity contribution in [2.45, 2.75) is 43.6 Å². The standard InChI is InChI=1S/C37H35F5N2O6S/c1-3-48-30(45)19-47-15-14-43-33(22-8-5-4-6-9-22)28-20-51-36-24(18-25-26(37(40,41)42)10-7-11-27(25)38)21(2)31(35(46)44(28)36)23-12-13-29-34(32(23)39)50-17-16-49-29/h4-13,28,33,43H,3,14-20H2,1-2H3. The number of nitrogens with one attached hydrogen (secondary N) is 1. The molecule has 0 fully saturated rings. The highest BCUT2D eigenvalue weighted by atomic mass is 32.2. The number of fused-ring (bicyclic) bond motifs is 2. The summed E-state index contributed by atoms with van der Waals surface area (Å²) in [5.41, 5.74) is -1.18. The molecule has 3 aromatic carbocycles. The molecular weight excluding hydrogens is 695 g/mol. The Balaban J connectivity index is 1.49. The molecule has 0 saturated carbocycles. The quantitative estimate of drug-likeness (QED) is 0.0945. The molecule has 270 valence electrons. The van der Waals surface area contributed by atoms with Gasteiger partial charge in [-0.05, 0) is 54.8 Å². The van der Waals surface area contributed by atoms with Crippen molar-refractivity contribution in [3.05, 3.63) is 110 Å². The number of thioether (sulfide) groups is 1. The van der Waals surface area contributed by atoms with Crippen LogP contribution in [0.3, 0.4) is 0 Å². The molecule has 2 aliphatic heterocycles. The fourth-order valence-electron chi connectivity index (χ4n) is 6.53. The normalized spacial score (nSPS) is 15.8. The van der Waals surface area contributed by atoms with Gasteiger partial charge in [0, 0.05) is 29.8 Å². The van der Waals surface area contributed by atoms with E-state index in [2.05, 4.69) is 5.32 Å². The highest BCUT2D eigenvalue weighted by Gasteiger charge is 2.39. The van der Waals surface area contributed by atoms with Gasteiger partial charge in [0.05, 0.1) is 41.5 Å². The second-order valence-corrected chi connectivity index (χ2v) is 12.9. The van der Waals surface area contributed by atoms with Gasteiger partial charge in [0.1, 0.15) is 25.6 Å². The SMILES string of the molecule is CCOC(=O)COCCNC(c1ccccc1)C1CSc2c(Cc3c(F)cccc3C(F)(F)F)c(C)c(-c3ccc4c(c3F)OCCO4)c(=O)n21. The highest BCUT2D eigenvalue weighted by Crippen LogP contribution is 2.46. The minimum Gasteiger partial charge on any atom is -0.486 e. The Bertz CT molecular complexity index is 1970. The van der Waals surface area contributed by atoms with Crippen molar-refractivity contribution < 1.29 is 45.7 Å². The predicted molar refractivity (Wildman–Crippen MR) is 180 cm³/mol. The van der Waals surface area contributed by atoms with Gasteiger partial charge in [-0.3, -0.25) is 9.36 Å². The molecule has 2 aliphatic rings. The van der Waals surface area contributed by atoms with E-state index >= 15 is 8.78 Å². The number of halogens is 5. The van der Waals surface area contributed by atoms with Crippen LogP contribution in [0.25, 0.3) is 11.1 Å². The zero-order chi connectivity index (χ0) is 36.3. The van der Waals surface area contributed by atoms with E-state index in [0.717, 1.165) is 23.8 Å². The maximum atomic E-state index is 16.2. The van der Waals surface area contributed by atoms with E-state index in [1.54, 1.807) is 13.8 Å². The van der Waals surface area contributed by atoms with Crippen LogP contribution in [-0.2, 0) is 26.9 Å². The number of ether oxygens (including phenoxy) is 4. The van der Waals surface area contributed by atoms with Crippen molar-refractivity contribution >= 4 is 17.7 Å². The van der Waals surface area contributed by atoms with E-state index in [9.17, 15) is 22.8 Å². The molecule has 2 unspecified atom stereocenters. The topological polar surface area (TPSA) is 88.0 Å². The number of pyridine rings is 1. The first-order valence-electron chi connectivity index (χ1n) is 16.4. The van der Waals surface area contributed by atoms with Crippen LogP contribution in [-0.4, -0.2) is 55.9 Å². The minimum absolute atomic E-state index is 0.0785. The molecule has 0 radical (unpaired) electrons. The fourth-order valence-corrected chi connectivity index (χ4v) is 7.96. The molecule has 0 spiro atoms. The lowest BCUT2D eigenvalue weighted by Gasteiger charge is -2.28. The van der Waals surface area contributed by atoms with Gasteiger partial charge in [-0.15, -0.1) is 11.8 Å². The number of nitrogens with zero attached hydrogens (tertiary/aromatic N) is 1. The molecule has 1 N–H and O–H groups in total. The van der Waals surface area contributed by atoms with Crippen molar-refractivity contribution in [1.29, 1.82) is 0 Å². The maximum Gasteiger partial charge on any atom is 0.416 e. The Labute approximate surface area is 294 Å². The molecule has 1 aromatic heterocycles. The number of hydrogen-bond acceptors (Lipinski definition) is 8. The van der Waals surface area contributed by atoms with Crippen LogP contribution in [0.5, 0.6) is 11.5 Å². The summed E-state index contributed by atoms with van der Waals surface area (Å²) in [7, 11) is 0. The Morgan fingerprint density at radius 1 is 1.04 bits per heavy atom. The molecule has 0 saturated heterocycles. The second-order valence-electron chi connectivity index (χ2n) is 11.9. The van der Waals surface area contributed by atoms with E-state index < -0.39 is 59.0 Å². The van der Waals surface area contributed by atoms with E-state index in [0.29, 0.717) is 10.8 Å². The van der Waals surface area contributed by atoms with Gasteiger partial charge in [-0.25, -0.2) is 13.6 Å². The molecule has 6 rings (SSSR count). The number of benzene rings is 3. The van der Waals surface area contributed by atoms with Gasteiger partial charge in [0.15, 0.2) is 17.3 Å². The van der Waals surface area contributed by atoms with Crippen molar-refractivity contribution in [3.63, 3.8) is 0 Å². The number of esters is 1. The van der Waals surface area contributed by atoms with Crippen LogP contribution >= 0.6 is 11.8 Å². The Hall–Kier alpha value is -4.40. The Kier molecular flexibility index (Phi) is 11.0. The Morgan fingerprint density at radius 2 is 1.80 bits per heavy atom. The molecule has 8 nitrogen and oxygen atoms in total. The second kappa shape index (κ2) is 15.5. The first-order chi connectivity index (χ1) is 24.5. The molecule has 3 heterocycles. The molecular formula is C37H35F5N2O6S. The number of alkyl halides is 3. The average molecular weight is 731 g/mol. The van der Waals surface area contributed by atoms with Gasteiger partial charge in [0.2, 0.25) is 0 Å².